The fourth-order valence-corrected chi connectivity index (χ4v) is 2.26. The van der Waals surface area contributed by atoms with Gasteiger partial charge in [0.25, 0.3) is 0 Å². The first-order valence-electron chi connectivity index (χ1n) is 6.40. The topological polar surface area (TPSA) is 104 Å². The average Bonchev–Trinajstić information content (AvgIpc) is 2.70. The highest BCUT2D eigenvalue weighted by Gasteiger charge is 2.32. The molecule has 6 heteroatoms. The van der Waals surface area contributed by atoms with Gasteiger partial charge in [-0.1, -0.05) is 26.7 Å². The van der Waals surface area contributed by atoms with Crippen LogP contribution >= 0.6 is 0 Å². The second-order valence-electron chi connectivity index (χ2n) is 5.38. The van der Waals surface area contributed by atoms with Crippen LogP contribution in [0.3, 0.4) is 0 Å². The van der Waals surface area contributed by atoms with E-state index in [2.05, 4.69) is 10.6 Å². The van der Waals surface area contributed by atoms with Gasteiger partial charge in [-0.05, 0) is 18.8 Å². The summed E-state index contributed by atoms with van der Waals surface area (Å²) >= 11 is 0. The maximum Gasteiger partial charge on any atom is 0.312 e. The lowest BCUT2D eigenvalue weighted by Gasteiger charge is -2.25. The minimum atomic E-state index is -0.788. The zero-order valence-electron chi connectivity index (χ0n) is 11.0. The van der Waals surface area contributed by atoms with Gasteiger partial charge in [0.1, 0.15) is 6.04 Å². The maximum atomic E-state index is 11.9. The molecule has 0 spiro atoms. The second-order valence-corrected chi connectivity index (χ2v) is 5.38. The predicted octanol–water partition coefficient (Wildman–Crippen LogP) is 0.101. The lowest BCUT2D eigenvalue weighted by molar-refractivity contribution is -0.125. The van der Waals surface area contributed by atoms with Crippen molar-refractivity contribution in [1.82, 2.24) is 10.6 Å². The molecule has 3 amide bonds. The van der Waals surface area contributed by atoms with Crippen LogP contribution < -0.4 is 16.4 Å². The number of nitrogens with two attached hydrogens (primary N) is 1. The summed E-state index contributed by atoms with van der Waals surface area (Å²) in [6.07, 6.45) is 3.39. The van der Waals surface area contributed by atoms with Crippen LogP contribution in [0.15, 0.2) is 0 Å². The van der Waals surface area contributed by atoms with Crippen LogP contribution in [0, 0.1) is 5.92 Å². The minimum absolute atomic E-state index is 0.0595. The van der Waals surface area contributed by atoms with E-state index >= 15 is 0 Å². The Bertz CT molecular complexity index is 312. The summed E-state index contributed by atoms with van der Waals surface area (Å²) in [6, 6.07) is -1.38. The summed E-state index contributed by atoms with van der Waals surface area (Å²) in [7, 11) is 0. The summed E-state index contributed by atoms with van der Waals surface area (Å²) in [4.78, 5) is 22.8. The van der Waals surface area contributed by atoms with Crippen molar-refractivity contribution in [3.05, 3.63) is 0 Å². The number of urea groups is 1. The molecular weight excluding hydrogens is 234 g/mol. The van der Waals surface area contributed by atoms with Crippen molar-refractivity contribution in [3.63, 3.8) is 0 Å². The van der Waals surface area contributed by atoms with E-state index in [1.807, 2.05) is 13.8 Å². The number of carbonyl (C=O) groups excluding carboxylic acids is 2. The summed E-state index contributed by atoms with van der Waals surface area (Å²) in [5, 5.41) is 15.2. The number of amides is 3. The van der Waals surface area contributed by atoms with Crippen molar-refractivity contribution in [3.8, 4) is 0 Å². The molecule has 0 saturated heterocycles. The molecule has 1 fully saturated rings. The zero-order valence-corrected chi connectivity index (χ0v) is 11.0. The molecular formula is C12H23N3O3. The van der Waals surface area contributed by atoms with Gasteiger partial charge in [0.2, 0.25) is 5.91 Å². The summed E-state index contributed by atoms with van der Waals surface area (Å²) < 4.78 is 0. The van der Waals surface area contributed by atoms with E-state index in [0.717, 1.165) is 12.8 Å². The molecule has 0 radical (unpaired) electrons. The van der Waals surface area contributed by atoms with Crippen LogP contribution in [0.4, 0.5) is 4.79 Å². The van der Waals surface area contributed by atoms with E-state index in [9.17, 15) is 14.7 Å². The van der Waals surface area contributed by atoms with E-state index in [1.54, 1.807) is 0 Å². The number of aliphatic hydroxyl groups is 1. The van der Waals surface area contributed by atoms with Crippen molar-refractivity contribution < 1.29 is 14.7 Å². The fraction of sp³-hybridized carbons (Fsp3) is 0.833. The number of rotatable bonds is 5. The molecule has 0 bridgehead atoms. The molecule has 6 nitrogen and oxygen atoms in total. The van der Waals surface area contributed by atoms with Gasteiger partial charge >= 0.3 is 6.03 Å². The largest absolute Gasteiger partial charge is 0.388 e. The van der Waals surface area contributed by atoms with Gasteiger partial charge in [0, 0.05) is 6.54 Å². The molecule has 0 aromatic carbocycles. The van der Waals surface area contributed by atoms with E-state index in [-0.39, 0.29) is 18.4 Å². The van der Waals surface area contributed by atoms with Crippen molar-refractivity contribution in [2.24, 2.45) is 11.7 Å². The molecule has 1 saturated carbocycles. The Hall–Kier alpha value is -1.30. The molecule has 0 aromatic rings. The predicted molar refractivity (Wildman–Crippen MR) is 67.8 cm³/mol. The Labute approximate surface area is 107 Å². The van der Waals surface area contributed by atoms with Crippen LogP contribution in [0.25, 0.3) is 0 Å². The first-order valence-corrected chi connectivity index (χ1v) is 6.40. The van der Waals surface area contributed by atoms with Gasteiger partial charge in [-0.3, -0.25) is 4.79 Å². The highest BCUT2D eigenvalue weighted by Crippen LogP contribution is 2.28. The number of carbonyl (C=O) groups is 2. The summed E-state index contributed by atoms with van der Waals surface area (Å²) in [5.74, 6) is -0.361. The first kappa shape index (κ1) is 14.8. The molecule has 1 atom stereocenters. The molecule has 18 heavy (non-hydrogen) atoms. The molecule has 5 N–H and O–H groups in total. The number of hydrogen-bond acceptors (Lipinski definition) is 3. The highest BCUT2D eigenvalue weighted by atomic mass is 16.3. The lowest BCUT2D eigenvalue weighted by atomic mass is 10.0. The fourth-order valence-electron chi connectivity index (χ4n) is 2.26. The molecule has 1 unspecified atom stereocenters. The Kier molecular flexibility index (Phi) is 4.95. The van der Waals surface area contributed by atoms with Gasteiger partial charge in [0.05, 0.1) is 5.60 Å². The average molecular weight is 257 g/mol. The normalized spacial score (nSPS) is 19.6. The monoisotopic (exact) mass is 257 g/mol. The molecule has 0 aliphatic heterocycles. The third kappa shape index (κ3) is 4.18. The van der Waals surface area contributed by atoms with E-state index < -0.39 is 17.7 Å². The van der Waals surface area contributed by atoms with Gasteiger partial charge in [-0.15, -0.1) is 0 Å². The minimum Gasteiger partial charge on any atom is -0.388 e. The third-order valence-corrected chi connectivity index (χ3v) is 3.37. The standard InChI is InChI=1S/C12H23N3O3/c1-8(2)9(15-11(13)17)10(16)14-7-12(18)5-3-4-6-12/h8-9,18H,3-7H2,1-2H3,(H,14,16)(H3,13,15,17). The van der Waals surface area contributed by atoms with Crippen LogP contribution in [-0.2, 0) is 4.79 Å². The van der Waals surface area contributed by atoms with E-state index in [0.29, 0.717) is 12.8 Å². The Morgan fingerprint density at radius 1 is 1.33 bits per heavy atom. The second kappa shape index (κ2) is 6.04. The number of primary amides is 1. The SMILES string of the molecule is CC(C)C(NC(N)=O)C(=O)NCC1(O)CCCC1. The molecule has 1 aliphatic carbocycles. The van der Waals surface area contributed by atoms with Gasteiger partial charge in [-0.2, -0.15) is 0 Å². The summed E-state index contributed by atoms with van der Waals surface area (Å²) in [6.45, 7) is 3.88. The third-order valence-electron chi connectivity index (χ3n) is 3.37. The van der Waals surface area contributed by atoms with Gasteiger partial charge < -0.3 is 21.5 Å². The Morgan fingerprint density at radius 3 is 2.33 bits per heavy atom. The number of hydrogen-bond donors (Lipinski definition) is 4. The Morgan fingerprint density at radius 2 is 1.89 bits per heavy atom. The lowest BCUT2D eigenvalue weighted by Crippen LogP contribution is -2.53. The first-order chi connectivity index (χ1) is 8.34. The zero-order chi connectivity index (χ0) is 13.8. The van der Waals surface area contributed by atoms with Crippen LogP contribution in [-0.4, -0.2) is 35.2 Å². The number of nitrogens with one attached hydrogen (secondary N) is 2. The van der Waals surface area contributed by atoms with Crippen LogP contribution in [0.5, 0.6) is 0 Å². The Balaban J connectivity index is 2.48. The maximum absolute atomic E-state index is 11.9. The molecule has 1 aliphatic rings. The van der Waals surface area contributed by atoms with Crippen molar-refractivity contribution in [2.45, 2.75) is 51.2 Å². The highest BCUT2D eigenvalue weighted by molar-refractivity contribution is 5.86. The van der Waals surface area contributed by atoms with Crippen LogP contribution in [0.1, 0.15) is 39.5 Å². The molecule has 0 heterocycles. The molecule has 1 rings (SSSR count). The van der Waals surface area contributed by atoms with Crippen LogP contribution in [0.2, 0.25) is 0 Å². The summed E-state index contributed by atoms with van der Waals surface area (Å²) in [5.41, 5.74) is 4.25. The van der Waals surface area contributed by atoms with Gasteiger partial charge in [-0.25, -0.2) is 4.79 Å². The van der Waals surface area contributed by atoms with Gasteiger partial charge in [0.15, 0.2) is 0 Å². The smallest absolute Gasteiger partial charge is 0.312 e. The van der Waals surface area contributed by atoms with E-state index in [1.165, 1.54) is 0 Å². The van der Waals surface area contributed by atoms with Crippen molar-refractivity contribution in [1.29, 1.82) is 0 Å². The molecule has 0 aromatic heterocycles. The van der Waals surface area contributed by atoms with Crippen molar-refractivity contribution in [2.75, 3.05) is 6.54 Å². The molecule has 104 valence electrons. The van der Waals surface area contributed by atoms with Crippen molar-refractivity contribution >= 4 is 11.9 Å². The quantitative estimate of drug-likeness (QED) is 0.561. The van der Waals surface area contributed by atoms with E-state index in [4.69, 9.17) is 5.73 Å².